The Bertz CT molecular complexity index is 1200. The van der Waals surface area contributed by atoms with Gasteiger partial charge in [0, 0.05) is 13.2 Å². The molecule has 136 valence electrons. The average Bonchev–Trinajstić information content (AvgIpc) is 3.07. The number of nitrogens with zero attached hydrogens (tertiary/aromatic N) is 3. The Labute approximate surface area is 157 Å². The minimum absolute atomic E-state index is 0.107. The second kappa shape index (κ2) is 6.94. The number of fused-ring (bicyclic) bond motifs is 1. The van der Waals surface area contributed by atoms with Gasteiger partial charge < -0.3 is 0 Å². The van der Waals surface area contributed by atoms with Gasteiger partial charge in [-0.2, -0.15) is 5.10 Å². The highest BCUT2D eigenvalue weighted by atomic mass is 32.2. The van der Waals surface area contributed by atoms with Crippen molar-refractivity contribution >= 4 is 20.8 Å². The van der Waals surface area contributed by atoms with E-state index in [1.54, 1.807) is 23.0 Å². The van der Waals surface area contributed by atoms with Crippen molar-refractivity contribution in [3.05, 3.63) is 78.6 Å². The highest BCUT2D eigenvalue weighted by molar-refractivity contribution is 7.89. The summed E-state index contributed by atoms with van der Waals surface area (Å²) < 4.78 is 29.6. The zero-order valence-corrected chi connectivity index (χ0v) is 15.5. The molecule has 7 heteroatoms. The molecule has 0 saturated carbocycles. The second-order valence-corrected chi connectivity index (χ2v) is 7.96. The van der Waals surface area contributed by atoms with E-state index in [1.807, 2.05) is 61.6 Å². The molecule has 0 aliphatic carbocycles. The van der Waals surface area contributed by atoms with Gasteiger partial charge in [-0.25, -0.2) is 13.1 Å². The van der Waals surface area contributed by atoms with E-state index in [-0.39, 0.29) is 11.4 Å². The molecule has 2 aromatic heterocycles. The maximum atomic E-state index is 12.7. The molecule has 0 bridgehead atoms. The van der Waals surface area contributed by atoms with Gasteiger partial charge in [-0.3, -0.25) is 9.67 Å². The number of aromatic nitrogens is 3. The van der Waals surface area contributed by atoms with Gasteiger partial charge in [0.25, 0.3) is 0 Å². The smallest absolute Gasteiger partial charge is 0.240 e. The zero-order chi connectivity index (χ0) is 18.9. The lowest BCUT2D eigenvalue weighted by Crippen LogP contribution is -2.23. The van der Waals surface area contributed by atoms with Crippen molar-refractivity contribution in [3.63, 3.8) is 0 Å². The fourth-order valence-corrected chi connectivity index (χ4v) is 3.99. The largest absolute Gasteiger partial charge is 0.266 e. The van der Waals surface area contributed by atoms with E-state index < -0.39 is 10.0 Å². The molecule has 6 nitrogen and oxygen atoms in total. The first-order valence-electron chi connectivity index (χ1n) is 8.46. The summed E-state index contributed by atoms with van der Waals surface area (Å²) in [5.41, 5.74) is 2.24. The summed E-state index contributed by atoms with van der Waals surface area (Å²) in [5.74, 6) is 0. The van der Waals surface area contributed by atoms with Crippen LogP contribution in [0.3, 0.4) is 0 Å². The number of pyridine rings is 1. The maximum Gasteiger partial charge on any atom is 0.240 e. The average molecular weight is 378 g/mol. The van der Waals surface area contributed by atoms with Gasteiger partial charge >= 0.3 is 0 Å². The third-order valence-corrected chi connectivity index (χ3v) is 5.73. The first-order chi connectivity index (χ1) is 13.0. The van der Waals surface area contributed by atoms with Gasteiger partial charge in [0.05, 0.1) is 28.5 Å². The normalized spacial score (nSPS) is 11.7. The third-order valence-electron chi connectivity index (χ3n) is 4.33. The van der Waals surface area contributed by atoms with Gasteiger partial charge in [-0.05, 0) is 41.1 Å². The minimum Gasteiger partial charge on any atom is -0.266 e. The Morgan fingerprint density at radius 3 is 2.52 bits per heavy atom. The molecule has 0 radical (unpaired) electrons. The number of benzene rings is 2. The molecule has 4 rings (SSSR count). The molecule has 0 aliphatic rings. The molecule has 4 aromatic rings. The summed E-state index contributed by atoms with van der Waals surface area (Å²) in [5, 5.41) is 6.27. The van der Waals surface area contributed by atoms with Crippen LogP contribution in [0, 0.1) is 0 Å². The van der Waals surface area contributed by atoms with Crippen LogP contribution < -0.4 is 4.72 Å². The van der Waals surface area contributed by atoms with Crippen molar-refractivity contribution in [2.75, 3.05) is 0 Å². The predicted molar refractivity (Wildman–Crippen MR) is 104 cm³/mol. The van der Waals surface area contributed by atoms with Gasteiger partial charge in [-0.1, -0.05) is 36.4 Å². The molecule has 27 heavy (non-hydrogen) atoms. The number of aryl methyl sites for hydroxylation is 1. The Balaban J connectivity index is 1.55. The van der Waals surface area contributed by atoms with Crippen molar-refractivity contribution in [1.29, 1.82) is 0 Å². The molecular weight excluding hydrogens is 360 g/mol. The van der Waals surface area contributed by atoms with E-state index in [1.165, 1.54) is 0 Å². The Morgan fingerprint density at radius 2 is 1.74 bits per heavy atom. The van der Waals surface area contributed by atoms with E-state index in [2.05, 4.69) is 14.8 Å². The minimum atomic E-state index is -3.63. The fraction of sp³-hybridized carbons (Fsp3) is 0.100. The topological polar surface area (TPSA) is 76.9 Å². The van der Waals surface area contributed by atoms with Crippen LogP contribution in [0.5, 0.6) is 0 Å². The molecular formula is C20H18N4O2S. The maximum absolute atomic E-state index is 12.7. The van der Waals surface area contributed by atoms with Crippen molar-refractivity contribution in [3.8, 4) is 11.4 Å². The number of nitrogens with one attached hydrogen (secondary N) is 1. The number of hydrogen-bond donors (Lipinski definition) is 1. The highest BCUT2D eigenvalue weighted by Crippen LogP contribution is 2.20. The number of sulfonamides is 1. The van der Waals surface area contributed by atoms with Crippen LogP contribution in [-0.2, 0) is 23.6 Å². The monoisotopic (exact) mass is 378 g/mol. The Hall–Kier alpha value is -3.03. The van der Waals surface area contributed by atoms with Crippen LogP contribution in [0.4, 0.5) is 0 Å². The van der Waals surface area contributed by atoms with Gasteiger partial charge in [0.2, 0.25) is 10.0 Å². The van der Waals surface area contributed by atoms with Crippen molar-refractivity contribution < 1.29 is 8.42 Å². The fourth-order valence-electron chi connectivity index (χ4n) is 2.95. The van der Waals surface area contributed by atoms with E-state index >= 15 is 0 Å². The van der Waals surface area contributed by atoms with Crippen LogP contribution in [0.15, 0.2) is 77.8 Å². The quantitative estimate of drug-likeness (QED) is 0.579. The zero-order valence-electron chi connectivity index (χ0n) is 14.7. The third kappa shape index (κ3) is 3.60. The summed E-state index contributed by atoms with van der Waals surface area (Å²) in [6, 6.07) is 20.2. The van der Waals surface area contributed by atoms with Crippen molar-refractivity contribution in [2.24, 2.45) is 7.05 Å². The lowest BCUT2D eigenvalue weighted by atomic mass is 10.1. The molecule has 0 spiro atoms. The molecule has 0 saturated heterocycles. The first-order valence-corrected chi connectivity index (χ1v) is 9.94. The lowest BCUT2D eigenvalue weighted by molar-refractivity contribution is 0.579. The summed E-state index contributed by atoms with van der Waals surface area (Å²) in [6.45, 7) is 0.107. The van der Waals surface area contributed by atoms with Crippen molar-refractivity contribution in [1.82, 2.24) is 19.5 Å². The molecule has 0 atom stereocenters. The first kappa shape index (κ1) is 17.4. The van der Waals surface area contributed by atoms with Crippen LogP contribution in [-0.4, -0.2) is 23.2 Å². The molecule has 2 heterocycles. The predicted octanol–water partition coefficient (Wildman–Crippen LogP) is 3.11. The SMILES string of the molecule is Cn1nc(CNS(=O)(=O)c2ccc3ccccc3c2)cc1-c1ccccn1. The molecule has 0 aliphatic heterocycles. The second-order valence-electron chi connectivity index (χ2n) is 6.19. The van der Waals surface area contributed by atoms with Crippen LogP contribution >= 0.6 is 0 Å². The summed E-state index contributed by atoms with van der Waals surface area (Å²) >= 11 is 0. The number of rotatable bonds is 5. The highest BCUT2D eigenvalue weighted by Gasteiger charge is 2.16. The molecule has 2 aromatic carbocycles. The van der Waals surface area contributed by atoms with Crippen molar-refractivity contribution in [2.45, 2.75) is 11.4 Å². The van der Waals surface area contributed by atoms with Gasteiger partial charge in [-0.15, -0.1) is 0 Å². The standard InChI is InChI=1S/C20H18N4O2S/c1-24-20(19-8-4-5-11-21-19)13-17(23-24)14-22-27(25,26)18-10-9-15-6-2-3-7-16(15)12-18/h2-13,22H,14H2,1H3. The van der Waals surface area contributed by atoms with Crippen LogP contribution in [0.25, 0.3) is 22.2 Å². The molecule has 0 fully saturated rings. The van der Waals surface area contributed by atoms with E-state index in [0.29, 0.717) is 5.69 Å². The van der Waals surface area contributed by atoms with Crippen LogP contribution in [0.2, 0.25) is 0 Å². The number of hydrogen-bond acceptors (Lipinski definition) is 4. The van der Waals surface area contributed by atoms with E-state index in [9.17, 15) is 8.42 Å². The molecule has 0 amide bonds. The summed E-state index contributed by atoms with van der Waals surface area (Å²) in [6.07, 6.45) is 1.71. The lowest BCUT2D eigenvalue weighted by Gasteiger charge is -2.06. The van der Waals surface area contributed by atoms with Gasteiger partial charge in [0.15, 0.2) is 0 Å². The van der Waals surface area contributed by atoms with Gasteiger partial charge in [0.1, 0.15) is 0 Å². The summed E-state index contributed by atoms with van der Waals surface area (Å²) in [4.78, 5) is 4.55. The molecule has 1 N–H and O–H groups in total. The Kier molecular flexibility index (Phi) is 4.47. The van der Waals surface area contributed by atoms with Crippen LogP contribution in [0.1, 0.15) is 5.69 Å². The van der Waals surface area contributed by atoms with E-state index in [0.717, 1.165) is 22.2 Å². The summed E-state index contributed by atoms with van der Waals surface area (Å²) in [7, 11) is -1.82. The Morgan fingerprint density at radius 1 is 0.963 bits per heavy atom. The van der Waals surface area contributed by atoms with E-state index in [4.69, 9.17) is 0 Å². The molecule has 0 unspecified atom stereocenters.